The largest absolute Gasteiger partial charge is 0.0651 e. The summed E-state index contributed by atoms with van der Waals surface area (Å²) in [7, 11) is 0. The number of hydrogen-bond acceptors (Lipinski definition) is 0. The predicted octanol–water partition coefficient (Wildman–Crippen LogP) is 3.86. The van der Waals surface area contributed by atoms with E-state index in [1.165, 1.54) is 19.3 Å². The molecule has 0 aromatic rings. The molecule has 3 aliphatic rings. The van der Waals surface area contributed by atoms with Crippen LogP contribution >= 0.6 is 0 Å². The Bertz CT molecular complexity index is 150. The van der Waals surface area contributed by atoms with Crippen LogP contribution in [0.15, 0.2) is 0 Å². The van der Waals surface area contributed by atoms with Gasteiger partial charge in [-0.05, 0) is 49.4 Å². The van der Waals surface area contributed by atoms with Gasteiger partial charge >= 0.3 is 0 Å². The van der Waals surface area contributed by atoms with Crippen molar-refractivity contribution in [3.63, 3.8) is 0 Å². The zero-order valence-electron chi connectivity index (χ0n) is 8.55. The summed E-state index contributed by atoms with van der Waals surface area (Å²) >= 11 is 0. The monoisotopic (exact) mass is 166 g/mol. The van der Waals surface area contributed by atoms with E-state index in [-0.39, 0.29) is 0 Å². The molecule has 0 radical (unpaired) electrons. The maximum Gasteiger partial charge on any atom is -0.0383 e. The molecule has 70 valence electrons. The third-order valence-electron chi connectivity index (χ3n) is 4.21. The molecule has 0 aromatic carbocycles. The molecule has 2 bridgehead atoms. The highest BCUT2D eigenvalue weighted by Gasteiger charge is 2.34. The highest BCUT2D eigenvalue weighted by molar-refractivity contribution is 4.85. The van der Waals surface area contributed by atoms with Crippen LogP contribution in [0.4, 0.5) is 0 Å². The van der Waals surface area contributed by atoms with Crippen molar-refractivity contribution in [1.29, 1.82) is 0 Å². The molecule has 0 nitrogen and oxygen atoms in total. The third-order valence-corrected chi connectivity index (χ3v) is 4.21. The Hall–Kier alpha value is 0. The van der Waals surface area contributed by atoms with Crippen LogP contribution in [0.1, 0.15) is 52.4 Å². The first-order chi connectivity index (χ1) is 5.79. The first-order valence-corrected chi connectivity index (χ1v) is 5.79. The van der Waals surface area contributed by atoms with Gasteiger partial charge in [-0.2, -0.15) is 0 Å². The quantitative estimate of drug-likeness (QED) is 0.555. The third kappa shape index (κ3) is 1.53. The SMILES string of the molecule is CCC1CC2CCC1CC(C)C2. The molecule has 0 saturated heterocycles. The standard InChI is InChI=1S/C12H22/c1-3-11-8-10-4-5-12(11)7-9(2)6-10/h9-12H,3-8H2,1-2H3. The average molecular weight is 166 g/mol. The van der Waals surface area contributed by atoms with Crippen LogP contribution in [-0.4, -0.2) is 0 Å². The maximum absolute atomic E-state index is 2.46. The lowest BCUT2D eigenvalue weighted by Gasteiger charge is -2.31. The Kier molecular flexibility index (Phi) is 2.43. The molecule has 0 aromatic heterocycles. The molecule has 0 heterocycles. The van der Waals surface area contributed by atoms with E-state index in [0.29, 0.717) is 0 Å². The minimum Gasteiger partial charge on any atom is -0.0651 e. The van der Waals surface area contributed by atoms with Gasteiger partial charge in [-0.25, -0.2) is 0 Å². The Morgan fingerprint density at radius 2 is 1.92 bits per heavy atom. The van der Waals surface area contributed by atoms with E-state index in [0.717, 1.165) is 23.7 Å². The van der Waals surface area contributed by atoms with Crippen LogP contribution in [0.5, 0.6) is 0 Å². The van der Waals surface area contributed by atoms with E-state index in [1.807, 2.05) is 0 Å². The van der Waals surface area contributed by atoms with Gasteiger partial charge in [-0.15, -0.1) is 0 Å². The zero-order chi connectivity index (χ0) is 8.55. The molecule has 4 unspecified atom stereocenters. The first-order valence-electron chi connectivity index (χ1n) is 5.79. The smallest absolute Gasteiger partial charge is 0.0383 e. The second-order valence-electron chi connectivity index (χ2n) is 5.18. The number of fused-ring (bicyclic) bond motifs is 4. The minimum atomic E-state index is 1.03. The molecule has 3 fully saturated rings. The first kappa shape index (κ1) is 8.59. The maximum atomic E-state index is 2.46. The van der Waals surface area contributed by atoms with Crippen molar-refractivity contribution in [3.8, 4) is 0 Å². The van der Waals surface area contributed by atoms with Crippen LogP contribution < -0.4 is 0 Å². The van der Waals surface area contributed by atoms with Crippen LogP contribution in [0.3, 0.4) is 0 Å². The minimum absolute atomic E-state index is 1.03. The lowest BCUT2D eigenvalue weighted by atomic mass is 9.74. The fraction of sp³-hybridized carbons (Fsp3) is 1.00. The van der Waals surface area contributed by atoms with E-state index in [4.69, 9.17) is 0 Å². The van der Waals surface area contributed by atoms with Gasteiger partial charge in [0, 0.05) is 0 Å². The summed E-state index contributed by atoms with van der Waals surface area (Å²) in [6.45, 7) is 4.85. The van der Waals surface area contributed by atoms with Gasteiger partial charge < -0.3 is 0 Å². The molecule has 3 rings (SSSR count). The summed E-state index contributed by atoms with van der Waals surface area (Å²) in [5, 5.41) is 0. The van der Waals surface area contributed by atoms with E-state index in [1.54, 1.807) is 19.3 Å². The molecular formula is C12H22. The van der Waals surface area contributed by atoms with Crippen molar-refractivity contribution < 1.29 is 0 Å². The Morgan fingerprint density at radius 1 is 1.08 bits per heavy atom. The zero-order valence-corrected chi connectivity index (χ0v) is 8.55. The Balaban J connectivity index is 2.07. The van der Waals surface area contributed by atoms with E-state index in [9.17, 15) is 0 Å². The summed E-state index contributed by atoms with van der Waals surface area (Å²) in [6.07, 6.45) is 9.17. The fourth-order valence-corrected chi connectivity index (χ4v) is 3.63. The fourth-order valence-electron chi connectivity index (χ4n) is 3.63. The number of rotatable bonds is 1. The van der Waals surface area contributed by atoms with Gasteiger partial charge in [0.1, 0.15) is 0 Å². The van der Waals surface area contributed by atoms with Gasteiger partial charge in [-0.3, -0.25) is 0 Å². The predicted molar refractivity (Wildman–Crippen MR) is 53.0 cm³/mol. The van der Waals surface area contributed by atoms with Gasteiger partial charge in [0.25, 0.3) is 0 Å². The molecule has 4 atom stereocenters. The Morgan fingerprint density at radius 3 is 2.67 bits per heavy atom. The molecule has 0 spiro atoms. The lowest BCUT2D eigenvalue weighted by Crippen LogP contribution is -2.20. The van der Waals surface area contributed by atoms with E-state index in [2.05, 4.69) is 13.8 Å². The topological polar surface area (TPSA) is 0 Å². The van der Waals surface area contributed by atoms with Crippen molar-refractivity contribution in [2.24, 2.45) is 23.7 Å². The summed E-state index contributed by atoms with van der Waals surface area (Å²) in [6, 6.07) is 0. The average Bonchev–Trinajstić information content (AvgIpc) is 2.32. The normalized spacial score (nSPS) is 47.5. The van der Waals surface area contributed by atoms with E-state index >= 15 is 0 Å². The van der Waals surface area contributed by atoms with Gasteiger partial charge in [-0.1, -0.05) is 26.7 Å². The molecule has 3 aliphatic carbocycles. The highest BCUT2D eigenvalue weighted by atomic mass is 14.4. The van der Waals surface area contributed by atoms with Gasteiger partial charge in [0.2, 0.25) is 0 Å². The summed E-state index contributed by atoms with van der Waals surface area (Å²) in [4.78, 5) is 0. The molecule has 0 heteroatoms. The molecular weight excluding hydrogens is 144 g/mol. The van der Waals surface area contributed by atoms with Gasteiger partial charge in [0.15, 0.2) is 0 Å². The Labute approximate surface area is 76.7 Å². The molecule has 0 aliphatic heterocycles. The van der Waals surface area contributed by atoms with Crippen molar-refractivity contribution >= 4 is 0 Å². The van der Waals surface area contributed by atoms with Crippen molar-refractivity contribution in [2.45, 2.75) is 52.4 Å². The van der Waals surface area contributed by atoms with Crippen molar-refractivity contribution in [3.05, 3.63) is 0 Å². The second-order valence-corrected chi connectivity index (χ2v) is 5.18. The summed E-state index contributed by atoms with van der Waals surface area (Å²) < 4.78 is 0. The highest BCUT2D eigenvalue weighted by Crippen LogP contribution is 2.45. The van der Waals surface area contributed by atoms with E-state index < -0.39 is 0 Å². The number of hydrogen-bond donors (Lipinski definition) is 0. The van der Waals surface area contributed by atoms with Crippen molar-refractivity contribution in [2.75, 3.05) is 0 Å². The van der Waals surface area contributed by atoms with Crippen molar-refractivity contribution in [1.82, 2.24) is 0 Å². The molecule has 0 amide bonds. The lowest BCUT2D eigenvalue weighted by molar-refractivity contribution is 0.197. The molecule has 3 saturated carbocycles. The molecule has 12 heavy (non-hydrogen) atoms. The summed E-state index contributed by atoms with van der Waals surface area (Å²) in [5.74, 6) is 4.32. The van der Waals surface area contributed by atoms with Crippen LogP contribution in [0.25, 0.3) is 0 Å². The molecule has 0 N–H and O–H groups in total. The van der Waals surface area contributed by atoms with Gasteiger partial charge in [0.05, 0.1) is 0 Å². The van der Waals surface area contributed by atoms with Crippen LogP contribution in [-0.2, 0) is 0 Å². The van der Waals surface area contributed by atoms with Crippen LogP contribution in [0.2, 0.25) is 0 Å². The summed E-state index contributed by atoms with van der Waals surface area (Å²) in [5.41, 5.74) is 0. The van der Waals surface area contributed by atoms with Crippen LogP contribution in [0, 0.1) is 23.7 Å². The second kappa shape index (κ2) is 3.40.